The third-order valence-corrected chi connectivity index (χ3v) is 6.69. The van der Waals surface area contributed by atoms with Crippen LogP contribution in [0.2, 0.25) is 0 Å². The number of anilines is 1. The Hall–Kier alpha value is -1.96. The Kier molecular flexibility index (Phi) is 5.16. The SMILES string of the molecule is CC(C)[C@@H]1Cc2c(sc3nc(SCC(=O)c4ccccc4)nc(N)c23)CO1. The lowest BCUT2D eigenvalue weighted by atomic mass is 9.96. The van der Waals surface area contributed by atoms with Gasteiger partial charge in [-0.3, -0.25) is 4.79 Å². The number of benzene rings is 1. The van der Waals surface area contributed by atoms with Crippen LogP contribution >= 0.6 is 23.1 Å². The van der Waals surface area contributed by atoms with E-state index in [9.17, 15) is 4.79 Å². The maximum Gasteiger partial charge on any atom is 0.191 e. The molecule has 0 radical (unpaired) electrons. The van der Waals surface area contributed by atoms with Crippen LogP contribution in [-0.4, -0.2) is 27.6 Å². The minimum Gasteiger partial charge on any atom is -0.383 e. The summed E-state index contributed by atoms with van der Waals surface area (Å²) < 4.78 is 5.97. The number of ketones is 1. The van der Waals surface area contributed by atoms with Crippen molar-refractivity contribution in [2.75, 3.05) is 11.5 Å². The predicted octanol–water partition coefficient (Wildman–Crippen LogP) is 4.35. The van der Waals surface area contributed by atoms with Crippen LogP contribution in [0, 0.1) is 5.92 Å². The van der Waals surface area contributed by atoms with E-state index in [1.54, 1.807) is 11.3 Å². The van der Waals surface area contributed by atoms with Crippen LogP contribution in [0.5, 0.6) is 0 Å². The van der Waals surface area contributed by atoms with Gasteiger partial charge in [0.15, 0.2) is 10.9 Å². The maximum absolute atomic E-state index is 12.3. The average molecular weight is 400 g/mol. The Labute approximate surface area is 166 Å². The van der Waals surface area contributed by atoms with E-state index >= 15 is 0 Å². The van der Waals surface area contributed by atoms with Gasteiger partial charge in [-0.15, -0.1) is 11.3 Å². The zero-order chi connectivity index (χ0) is 19.0. The lowest BCUT2D eigenvalue weighted by Gasteiger charge is -2.26. The van der Waals surface area contributed by atoms with Gasteiger partial charge in [-0.05, 0) is 11.5 Å². The Morgan fingerprint density at radius 2 is 2.11 bits per heavy atom. The maximum atomic E-state index is 12.3. The van der Waals surface area contributed by atoms with E-state index in [1.165, 1.54) is 22.2 Å². The van der Waals surface area contributed by atoms with Crippen molar-refractivity contribution in [3.63, 3.8) is 0 Å². The summed E-state index contributed by atoms with van der Waals surface area (Å²) in [5.74, 6) is 1.30. The average Bonchev–Trinajstić information content (AvgIpc) is 3.04. The Bertz CT molecular complexity index is 986. The van der Waals surface area contributed by atoms with Crippen molar-refractivity contribution < 1.29 is 9.53 Å². The Morgan fingerprint density at radius 1 is 1.33 bits per heavy atom. The molecule has 4 rings (SSSR count). The molecule has 0 saturated heterocycles. The fraction of sp³-hybridized carbons (Fsp3) is 0.350. The molecular formula is C20H21N3O2S2. The van der Waals surface area contributed by atoms with Crippen molar-refractivity contribution in [2.24, 2.45) is 5.92 Å². The number of thiophene rings is 1. The summed E-state index contributed by atoms with van der Waals surface area (Å²) in [6.07, 6.45) is 1.05. The lowest BCUT2D eigenvalue weighted by molar-refractivity contribution is 0.00203. The van der Waals surface area contributed by atoms with Gasteiger partial charge in [0.1, 0.15) is 10.6 Å². The Morgan fingerprint density at radius 3 is 2.85 bits per heavy atom. The molecule has 0 saturated carbocycles. The second-order valence-corrected chi connectivity index (χ2v) is 8.98. The van der Waals surface area contributed by atoms with E-state index in [0.29, 0.717) is 34.8 Å². The quantitative estimate of drug-likeness (QED) is 0.390. The van der Waals surface area contributed by atoms with Crippen molar-refractivity contribution in [3.05, 3.63) is 46.3 Å². The number of Topliss-reactive ketones (excluding diaryl/α,β-unsaturated/α-hetero) is 1. The number of carbonyl (C=O) groups is 1. The van der Waals surface area contributed by atoms with Crippen LogP contribution in [0.1, 0.15) is 34.6 Å². The van der Waals surface area contributed by atoms with Crippen molar-refractivity contribution >= 4 is 44.9 Å². The fourth-order valence-electron chi connectivity index (χ4n) is 3.22. The van der Waals surface area contributed by atoms with Crippen molar-refractivity contribution in [1.29, 1.82) is 0 Å². The summed E-state index contributed by atoms with van der Waals surface area (Å²) in [4.78, 5) is 23.5. The minimum atomic E-state index is 0.0570. The van der Waals surface area contributed by atoms with Gasteiger partial charge in [-0.2, -0.15) is 0 Å². The highest BCUT2D eigenvalue weighted by molar-refractivity contribution is 7.99. The molecule has 7 heteroatoms. The van der Waals surface area contributed by atoms with Gasteiger partial charge >= 0.3 is 0 Å². The minimum absolute atomic E-state index is 0.0570. The first kappa shape index (κ1) is 18.4. The van der Waals surface area contributed by atoms with Gasteiger partial charge in [-0.25, -0.2) is 9.97 Å². The molecule has 27 heavy (non-hydrogen) atoms. The highest BCUT2D eigenvalue weighted by Crippen LogP contribution is 2.39. The smallest absolute Gasteiger partial charge is 0.191 e. The standard InChI is InChI=1S/C20H21N3O2S2/c1-11(2)15-8-13-16(9-25-15)27-19-17(13)18(21)22-20(23-19)26-10-14(24)12-6-4-3-5-7-12/h3-7,11,15H,8-10H2,1-2H3,(H2,21,22,23)/t15-/m0/s1. The largest absolute Gasteiger partial charge is 0.383 e. The highest BCUT2D eigenvalue weighted by Gasteiger charge is 2.27. The number of hydrogen-bond donors (Lipinski definition) is 1. The number of aromatic nitrogens is 2. The third kappa shape index (κ3) is 3.72. The molecule has 3 aromatic rings. The zero-order valence-electron chi connectivity index (χ0n) is 15.3. The number of nitrogen functional groups attached to an aromatic ring is 1. The van der Waals surface area contributed by atoms with E-state index < -0.39 is 0 Å². The fourth-order valence-corrected chi connectivity index (χ4v) is 5.15. The number of ether oxygens (including phenoxy) is 1. The van der Waals surface area contributed by atoms with Crippen LogP contribution in [0.15, 0.2) is 35.5 Å². The van der Waals surface area contributed by atoms with Crippen LogP contribution in [0.4, 0.5) is 5.82 Å². The van der Waals surface area contributed by atoms with Gasteiger partial charge in [-0.1, -0.05) is 55.9 Å². The Balaban J connectivity index is 1.57. The van der Waals surface area contributed by atoms with Gasteiger partial charge < -0.3 is 10.5 Å². The molecule has 0 aliphatic carbocycles. The topological polar surface area (TPSA) is 78.1 Å². The van der Waals surface area contributed by atoms with E-state index in [1.807, 2.05) is 30.3 Å². The molecule has 0 amide bonds. The highest BCUT2D eigenvalue weighted by atomic mass is 32.2. The molecule has 0 bridgehead atoms. The molecule has 0 fully saturated rings. The summed E-state index contributed by atoms with van der Waals surface area (Å²) in [6, 6.07) is 9.26. The van der Waals surface area contributed by atoms with Crippen LogP contribution in [-0.2, 0) is 17.8 Å². The first-order valence-corrected chi connectivity index (χ1v) is 10.7. The van der Waals surface area contributed by atoms with Crippen LogP contribution in [0.3, 0.4) is 0 Å². The molecule has 1 aliphatic heterocycles. The number of rotatable bonds is 5. The molecule has 0 spiro atoms. The number of nitrogens with two attached hydrogens (primary N) is 1. The van der Waals surface area contributed by atoms with Gasteiger partial charge in [0, 0.05) is 16.9 Å². The predicted molar refractivity (Wildman–Crippen MR) is 110 cm³/mol. The summed E-state index contributed by atoms with van der Waals surface area (Å²) in [7, 11) is 0. The number of thioether (sulfide) groups is 1. The van der Waals surface area contributed by atoms with E-state index in [2.05, 4.69) is 23.8 Å². The van der Waals surface area contributed by atoms with E-state index in [0.717, 1.165) is 16.6 Å². The van der Waals surface area contributed by atoms with Crippen LogP contribution < -0.4 is 5.73 Å². The third-order valence-electron chi connectivity index (χ3n) is 4.75. The first-order chi connectivity index (χ1) is 13.0. The van der Waals surface area contributed by atoms with Crippen LogP contribution in [0.25, 0.3) is 10.2 Å². The molecule has 3 heterocycles. The number of hydrogen-bond acceptors (Lipinski definition) is 7. The van der Waals surface area contributed by atoms with Crippen molar-refractivity contribution in [3.8, 4) is 0 Å². The molecule has 0 unspecified atom stereocenters. The normalized spacial score (nSPS) is 16.6. The second kappa shape index (κ2) is 7.58. The molecule has 1 aromatic carbocycles. The molecular weight excluding hydrogens is 378 g/mol. The number of carbonyl (C=O) groups excluding carboxylic acids is 1. The molecule has 2 aromatic heterocycles. The summed E-state index contributed by atoms with van der Waals surface area (Å²) in [5, 5.41) is 1.51. The van der Waals surface area contributed by atoms with E-state index in [4.69, 9.17) is 10.5 Å². The molecule has 140 valence electrons. The summed E-state index contributed by atoms with van der Waals surface area (Å²) in [5.41, 5.74) is 8.21. The van der Waals surface area contributed by atoms with Crippen molar-refractivity contribution in [1.82, 2.24) is 9.97 Å². The summed E-state index contributed by atoms with van der Waals surface area (Å²) >= 11 is 2.95. The monoisotopic (exact) mass is 399 g/mol. The first-order valence-electron chi connectivity index (χ1n) is 8.93. The molecule has 1 atom stereocenters. The van der Waals surface area contributed by atoms with Gasteiger partial charge in [0.25, 0.3) is 0 Å². The number of nitrogens with zero attached hydrogens (tertiary/aromatic N) is 2. The molecule has 2 N–H and O–H groups in total. The van der Waals surface area contributed by atoms with E-state index in [-0.39, 0.29) is 11.9 Å². The summed E-state index contributed by atoms with van der Waals surface area (Å²) in [6.45, 7) is 4.94. The van der Waals surface area contributed by atoms with Gasteiger partial charge in [0.05, 0.1) is 23.8 Å². The van der Waals surface area contributed by atoms with Crippen molar-refractivity contribution in [2.45, 2.75) is 38.1 Å². The second-order valence-electron chi connectivity index (χ2n) is 6.95. The van der Waals surface area contributed by atoms with Gasteiger partial charge in [0.2, 0.25) is 0 Å². The number of fused-ring (bicyclic) bond motifs is 3. The molecule has 1 aliphatic rings. The zero-order valence-corrected chi connectivity index (χ0v) is 16.9. The lowest BCUT2D eigenvalue weighted by Crippen LogP contribution is -2.26. The molecule has 5 nitrogen and oxygen atoms in total.